The number of methoxy groups -OCH3 is 1. The van der Waals surface area contributed by atoms with E-state index >= 15 is 0 Å². The molecular formula is C11H15ClFNO. The van der Waals surface area contributed by atoms with Gasteiger partial charge in [-0.3, -0.25) is 0 Å². The molecule has 1 aromatic rings. The summed E-state index contributed by atoms with van der Waals surface area (Å²) in [5.74, 6) is -0.00994. The maximum absolute atomic E-state index is 13.8. The van der Waals surface area contributed by atoms with Gasteiger partial charge in [0.05, 0.1) is 12.1 Å². The van der Waals surface area contributed by atoms with Crippen LogP contribution in [0.2, 0.25) is 5.02 Å². The first-order chi connectivity index (χ1) is 7.02. The van der Waals surface area contributed by atoms with Gasteiger partial charge in [-0.05, 0) is 31.0 Å². The van der Waals surface area contributed by atoms with Gasteiger partial charge >= 0.3 is 0 Å². The first kappa shape index (κ1) is 12.3. The third-order valence-electron chi connectivity index (χ3n) is 2.44. The number of hydrogen-bond acceptors (Lipinski definition) is 2. The molecule has 0 heterocycles. The Bertz CT molecular complexity index is 368. The number of benzene rings is 1. The molecule has 0 amide bonds. The van der Waals surface area contributed by atoms with Crippen molar-refractivity contribution in [2.75, 3.05) is 13.7 Å². The molecule has 0 bridgehead atoms. The largest absolute Gasteiger partial charge is 0.496 e. The number of ether oxygens (including phenoxy) is 1. The van der Waals surface area contributed by atoms with Crippen molar-refractivity contribution in [2.45, 2.75) is 19.8 Å². The minimum absolute atomic E-state index is 0.114. The number of hydrogen-bond donors (Lipinski definition) is 1. The van der Waals surface area contributed by atoms with Crippen LogP contribution in [0.4, 0.5) is 4.39 Å². The zero-order valence-corrected chi connectivity index (χ0v) is 9.86. The van der Waals surface area contributed by atoms with E-state index in [9.17, 15) is 4.39 Å². The first-order valence-corrected chi connectivity index (χ1v) is 5.13. The third-order valence-corrected chi connectivity index (χ3v) is 2.72. The van der Waals surface area contributed by atoms with Crippen molar-refractivity contribution < 1.29 is 9.13 Å². The molecule has 2 nitrogen and oxygen atoms in total. The minimum atomic E-state index is -0.433. The lowest BCUT2D eigenvalue weighted by atomic mass is 9.97. The molecule has 1 unspecified atom stereocenters. The van der Waals surface area contributed by atoms with E-state index in [1.807, 2.05) is 13.8 Å². The van der Waals surface area contributed by atoms with Crippen LogP contribution in [-0.4, -0.2) is 13.7 Å². The Balaban J connectivity index is 3.43. The highest BCUT2D eigenvalue weighted by Crippen LogP contribution is 2.35. The van der Waals surface area contributed by atoms with Crippen LogP contribution >= 0.6 is 11.6 Å². The van der Waals surface area contributed by atoms with Gasteiger partial charge in [-0.25, -0.2) is 4.39 Å². The Kier molecular flexibility index (Phi) is 3.94. The SMILES string of the molecule is COc1c(C)cc(Cl)c(F)c1C(C)CN. The number of rotatable bonds is 3. The Morgan fingerprint density at radius 3 is 2.67 bits per heavy atom. The second-order valence-corrected chi connectivity index (χ2v) is 3.98. The van der Waals surface area contributed by atoms with Gasteiger partial charge < -0.3 is 10.5 Å². The molecule has 1 aromatic carbocycles. The molecule has 0 saturated carbocycles. The van der Waals surface area contributed by atoms with E-state index in [-0.39, 0.29) is 10.9 Å². The molecule has 0 aliphatic rings. The summed E-state index contributed by atoms with van der Waals surface area (Å²) in [5.41, 5.74) is 6.81. The first-order valence-electron chi connectivity index (χ1n) is 4.75. The van der Waals surface area contributed by atoms with Crippen molar-refractivity contribution in [1.82, 2.24) is 0 Å². The molecule has 1 rings (SSSR count). The second kappa shape index (κ2) is 4.81. The number of aryl methyl sites for hydroxylation is 1. The van der Waals surface area contributed by atoms with E-state index in [4.69, 9.17) is 22.1 Å². The van der Waals surface area contributed by atoms with Gasteiger partial charge in [0, 0.05) is 5.56 Å². The van der Waals surface area contributed by atoms with Gasteiger partial charge in [-0.2, -0.15) is 0 Å². The van der Waals surface area contributed by atoms with E-state index in [2.05, 4.69) is 0 Å². The standard InChI is InChI=1S/C11H15ClFNO/c1-6-4-8(12)10(13)9(7(2)5-14)11(6)15-3/h4,7H,5,14H2,1-3H3. The van der Waals surface area contributed by atoms with Crippen LogP contribution in [0.1, 0.15) is 24.0 Å². The molecule has 0 saturated heterocycles. The molecule has 0 spiro atoms. The van der Waals surface area contributed by atoms with Crippen molar-refractivity contribution >= 4 is 11.6 Å². The minimum Gasteiger partial charge on any atom is -0.496 e. The van der Waals surface area contributed by atoms with E-state index in [1.54, 1.807) is 6.07 Å². The average Bonchev–Trinajstić information content (AvgIpc) is 2.21. The Morgan fingerprint density at radius 2 is 2.20 bits per heavy atom. The lowest BCUT2D eigenvalue weighted by molar-refractivity contribution is 0.397. The maximum Gasteiger partial charge on any atom is 0.149 e. The topological polar surface area (TPSA) is 35.2 Å². The fourth-order valence-corrected chi connectivity index (χ4v) is 1.85. The van der Waals surface area contributed by atoms with Gasteiger partial charge in [0.1, 0.15) is 11.6 Å². The van der Waals surface area contributed by atoms with Crippen LogP contribution in [0, 0.1) is 12.7 Å². The monoisotopic (exact) mass is 231 g/mol. The summed E-state index contributed by atoms with van der Waals surface area (Å²) in [6.07, 6.45) is 0. The molecular weight excluding hydrogens is 217 g/mol. The number of nitrogens with two attached hydrogens (primary N) is 1. The summed E-state index contributed by atoms with van der Waals surface area (Å²) in [7, 11) is 1.52. The Labute approximate surface area is 94.2 Å². The fourth-order valence-electron chi connectivity index (χ4n) is 1.59. The van der Waals surface area contributed by atoms with E-state index in [0.29, 0.717) is 17.9 Å². The van der Waals surface area contributed by atoms with Crippen molar-refractivity contribution in [3.63, 3.8) is 0 Å². The van der Waals surface area contributed by atoms with Gasteiger partial charge in [0.2, 0.25) is 0 Å². The second-order valence-electron chi connectivity index (χ2n) is 3.57. The van der Waals surface area contributed by atoms with Crippen LogP contribution in [0.5, 0.6) is 5.75 Å². The van der Waals surface area contributed by atoms with Crippen molar-refractivity contribution in [1.29, 1.82) is 0 Å². The molecule has 15 heavy (non-hydrogen) atoms. The Morgan fingerprint density at radius 1 is 1.60 bits per heavy atom. The molecule has 0 aliphatic heterocycles. The molecule has 1 atom stereocenters. The molecule has 0 aromatic heterocycles. The van der Waals surface area contributed by atoms with Gasteiger partial charge in [0.15, 0.2) is 0 Å². The third kappa shape index (κ3) is 2.24. The Hall–Kier alpha value is -0.800. The zero-order chi connectivity index (χ0) is 11.6. The molecule has 0 fully saturated rings. The fraction of sp³-hybridized carbons (Fsp3) is 0.455. The summed E-state index contributed by atoms with van der Waals surface area (Å²) < 4.78 is 19.0. The van der Waals surface area contributed by atoms with Crippen molar-refractivity contribution in [3.8, 4) is 5.75 Å². The highest BCUT2D eigenvalue weighted by Gasteiger charge is 2.20. The summed E-state index contributed by atoms with van der Waals surface area (Å²) in [4.78, 5) is 0. The predicted molar refractivity (Wildman–Crippen MR) is 60.2 cm³/mol. The lowest BCUT2D eigenvalue weighted by Crippen LogP contribution is -2.12. The normalized spacial score (nSPS) is 12.7. The van der Waals surface area contributed by atoms with Crippen LogP contribution in [-0.2, 0) is 0 Å². The highest BCUT2D eigenvalue weighted by molar-refractivity contribution is 6.31. The van der Waals surface area contributed by atoms with E-state index in [1.165, 1.54) is 7.11 Å². The molecule has 0 aliphatic carbocycles. The summed E-state index contributed by atoms with van der Waals surface area (Å²) in [5, 5.41) is 0.114. The van der Waals surface area contributed by atoms with Crippen LogP contribution < -0.4 is 10.5 Å². The van der Waals surface area contributed by atoms with Crippen LogP contribution in [0.15, 0.2) is 6.07 Å². The quantitative estimate of drug-likeness (QED) is 0.868. The van der Waals surface area contributed by atoms with Gasteiger partial charge in [-0.15, -0.1) is 0 Å². The van der Waals surface area contributed by atoms with Gasteiger partial charge in [0.25, 0.3) is 0 Å². The summed E-state index contributed by atoms with van der Waals surface area (Å²) >= 11 is 5.78. The highest BCUT2D eigenvalue weighted by atomic mass is 35.5. The number of halogens is 2. The summed E-state index contributed by atoms with van der Waals surface area (Å²) in [6.45, 7) is 4.03. The lowest BCUT2D eigenvalue weighted by Gasteiger charge is -2.17. The zero-order valence-electron chi connectivity index (χ0n) is 9.10. The summed E-state index contributed by atoms with van der Waals surface area (Å²) in [6, 6.07) is 1.56. The predicted octanol–water partition coefficient (Wildman–Crippen LogP) is 2.86. The molecule has 2 N–H and O–H groups in total. The van der Waals surface area contributed by atoms with E-state index in [0.717, 1.165) is 5.56 Å². The van der Waals surface area contributed by atoms with Gasteiger partial charge in [-0.1, -0.05) is 18.5 Å². The average molecular weight is 232 g/mol. The van der Waals surface area contributed by atoms with Crippen LogP contribution in [0.25, 0.3) is 0 Å². The smallest absolute Gasteiger partial charge is 0.149 e. The van der Waals surface area contributed by atoms with Crippen molar-refractivity contribution in [2.24, 2.45) is 5.73 Å². The van der Waals surface area contributed by atoms with E-state index < -0.39 is 5.82 Å². The van der Waals surface area contributed by atoms with Crippen molar-refractivity contribution in [3.05, 3.63) is 28.0 Å². The molecule has 84 valence electrons. The molecule has 0 radical (unpaired) electrons. The molecule has 4 heteroatoms. The maximum atomic E-state index is 13.8. The van der Waals surface area contributed by atoms with Crippen LogP contribution in [0.3, 0.4) is 0 Å².